The zero-order valence-corrected chi connectivity index (χ0v) is 9.61. The second kappa shape index (κ2) is 3.38. The molecule has 0 spiro atoms. The first-order valence-electron chi connectivity index (χ1n) is 5.35. The zero-order valence-electron chi connectivity index (χ0n) is 9.61. The van der Waals surface area contributed by atoms with Crippen LogP contribution in [0.5, 0.6) is 11.5 Å². The molecule has 0 saturated carbocycles. The first-order chi connectivity index (χ1) is 8.22. The molecule has 0 aliphatic carbocycles. The molecule has 2 N–H and O–H groups in total. The van der Waals surface area contributed by atoms with Crippen LogP contribution in [0.25, 0.3) is 21.8 Å². The van der Waals surface area contributed by atoms with Gasteiger partial charge in [0, 0.05) is 17.0 Å². The molecule has 2 aromatic heterocycles. The number of hydrogen-bond donors (Lipinski definition) is 2. The van der Waals surface area contributed by atoms with Gasteiger partial charge in [0.1, 0.15) is 0 Å². The van der Waals surface area contributed by atoms with Gasteiger partial charge in [-0.2, -0.15) is 0 Å². The van der Waals surface area contributed by atoms with Gasteiger partial charge >= 0.3 is 0 Å². The van der Waals surface area contributed by atoms with Crippen LogP contribution in [0.2, 0.25) is 0 Å². The molecule has 0 bridgehead atoms. The van der Waals surface area contributed by atoms with E-state index in [9.17, 15) is 5.11 Å². The number of rotatable bonds is 1. The van der Waals surface area contributed by atoms with E-state index in [1.807, 2.05) is 19.1 Å². The van der Waals surface area contributed by atoms with Gasteiger partial charge < -0.3 is 14.8 Å². The molecule has 0 aliphatic rings. The maximum atomic E-state index is 10.1. The number of aromatic hydroxyl groups is 1. The number of benzene rings is 1. The third kappa shape index (κ3) is 1.27. The van der Waals surface area contributed by atoms with Crippen LogP contribution in [-0.2, 0) is 0 Å². The number of ether oxygens (including phenoxy) is 1. The van der Waals surface area contributed by atoms with Crippen LogP contribution in [0.3, 0.4) is 0 Å². The third-order valence-corrected chi connectivity index (χ3v) is 3.04. The van der Waals surface area contributed by atoms with E-state index < -0.39 is 0 Å². The molecule has 0 aliphatic heterocycles. The number of phenols is 1. The Morgan fingerprint density at radius 2 is 1.94 bits per heavy atom. The molecule has 0 saturated heterocycles. The lowest BCUT2D eigenvalue weighted by atomic mass is 10.1. The zero-order chi connectivity index (χ0) is 12.0. The summed E-state index contributed by atoms with van der Waals surface area (Å²) in [6.07, 6.45) is 1.77. The molecule has 0 fully saturated rings. The summed E-state index contributed by atoms with van der Waals surface area (Å²) in [5.41, 5.74) is 2.55. The Morgan fingerprint density at radius 1 is 1.18 bits per heavy atom. The van der Waals surface area contributed by atoms with Crippen molar-refractivity contribution in [1.82, 2.24) is 9.97 Å². The summed E-state index contributed by atoms with van der Waals surface area (Å²) < 4.78 is 5.09. The third-order valence-electron chi connectivity index (χ3n) is 3.04. The van der Waals surface area contributed by atoms with E-state index in [1.165, 1.54) is 7.11 Å². The summed E-state index contributed by atoms with van der Waals surface area (Å²) in [4.78, 5) is 7.43. The second-order valence-corrected chi connectivity index (χ2v) is 3.98. The Balaban J connectivity index is 2.51. The molecule has 0 atom stereocenters. The lowest BCUT2D eigenvalue weighted by Gasteiger charge is -2.02. The molecule has 86 valence electrons. The summed E-state index contributed by atoms with van der Waals surface area (Å²) in [6, 6.07) is 5.64. The van der Waals surface area contributed by atoms with Gasteiger partial charge in [0.15, 0.2) is 11.5 Å². The van der Waals surface area contributed by atoms with Crippen LogP contribution < -0.4 is 4.74 Å². The van der Waals surface area contributed by atoms with Gasteiger partial charge in [0.2, 0.25) is 0 Å². The van der Waals surface area contributed by atoms with Crippen molar-refractivity contribution >= 4 is 21.8 Å². The van der Waals surface area contributed by atoms with E-state index >= 15 is 0 Å². The first-order valence-corrected chi connectivity index (χ1v) is 5.35. The summed E-state index contributed by atoms with van der Waals surface area (Å²) in [5.74, 6) is 0.607. The summed E-state index contributed by atoms with van der Waals surface area (Å²) >= 11 is 0. The van der Waals surface area contributed by atoms with Crippen molar-refractivity contribution < 1.29 is 9.84 Å². The quantitative estimate of drug-likeness (QED) is 0.673. The first kappa shape index (κ1) is 9.96. The molecular formula is C13H12N2O2. The Hall–Kier alpha value is -2.23. The largest absolute Gasteiger partial charge is 0.503 e. The minimum absolute atomic E-state index is 0.139. The van der Waals surface area contributed by atoms with Crippen molar-refractivity contribution in [1.29, 1.82) is 0 Å². The van der Waals surface area contributed by atoms with Gasteiger partial charge in [0.25, 0.3) is 0 Å². The molecule has 0 unspecified atom stereocenters. The number of pyridine rings is 1. The monoisotopic (exact) mass is 228 g/mol. The maximum Gasteiger partial charge on any atom is 0.182 e. The van der Waals surface area contributed by atoms with Crippen LogP contribution in [-0.4, -0.2) is 22.2 Å². The van der Waals surface area contributed by atoms with E-state index in [2.05, 4.69) is 9.97 Å². The summed E-state index contributed by atoms with van der Waals surface area (Å²) in [6.45, 7) is 1.94. The van der Waals surface area contributed by atoms with Crippen molar-refractivity contribution in [3.05, 3.63) is 30.1 Å². The number of nitrogens with one attached hydrogen (secondary N) is 1. The number of H-pyrrole nitrogens is 1. The van der Waals surface area contributed by atoms with Gasteiger partial charge in [-0.05, 0) is 25.1 Å². The Labute approximate surface area is 97.9 Å². The maximum absolute atomic E-state index is 10.1. The standard InChI is InChI=1S/C13H12N2O2/c1-7-11-9(5-6-14-7)8-3-4-10(17-2)13(16)12(8)15-11/h3-6,15-16H,1-2H3. The number of fused-ring (bicyclic) bond motifs is 3. The average Bonchev–Trinajstić information content (AvgIpc) is 2.71. The van der Waals surface area contributed by atoms with Gasteiger partial charge in [-0.3, -0.25) is 4.98 Å². The number of aromatic nitrogens is 2. The Bertz CT molecular complexity index is 716. The molecule has 0 amide bonds. The lowest BCUT2D eigenvalue weighted by Crippen LogP contribution is -1.83. The normalized spacial score (nSPS) is 11.2. The molecule has 2 heterocycles. The van der Waals surface area contributed by atoms with Crippen LogP contribution >= 0.6 is 0 Å². The number of hydrogen-bond acceptors (Lipinski definition) is 3. The summed E-state index contributed by atoms with van der Waals surface area (Å²) in [5, 5.41) is 12.1. The fourth-order valence-corrected chi connectivity index (χ4v) is 2.16. The van der Waals surface area contributed by atoms with Gasteiger partial charge in [0.05, 0.1) is 23.8 Å². The van der Waals surface area contributed by atoms with E-state index in [1.54, 1.807) is 12.3 Å². The lowest BCUT2D eigenvalue weighted by molar-refractivity contribution is 0.376. The SMILES string of the molecule is COc1ccc2c([nH]c3c(C)nccc32)c1O. The van der Waals surface area contributed by atoms with Gasteiger partial charge in [-0.25, -0.2) is 0 Å². The molecule has 0 radical (unpaired) electrons. The second-order valence-electron chi connectivity index (χ2n) is 3.98. The highest BCUT2D eigenvalue weighted by atomic mass is 16.5. The van der Waals surface area contributed by atoms with Crippen molar-refractivity contribution in [2.45, 2.75) is 6.92 Å². The fraction of sp³-hybridized carbons (Fsp3) is 0.154. The molecule has 3 aromatic rings. The molecular weight excluding hydrogens is 216 g/mol. The predicted molar refractivity (Wildman–Crippen MR) is 66.6 cm³/mol. The van der Waals surface area contributed by atoms with Crippen molar-refractivity contribution in [3.8, 4) is 11.5 Å². The minimum atomic E-state index is 0.139. The smallest absolute Gasteiger partial charge is 0.182 e. The summed E-state index contributed by atoms with van der Waals surface area (Å²) in [7, 11) is 1.54. The highest BCUT2D eigenvalue weighted by molar-refractivity contribution is 6.10. The molecule has 17 heavy (non-hydrogen) atoms. The van der Waals surface area contributed by atoms with E-state index in [0.717, 1.165) is 22.0 Å². The van der Waals surface area contributed by atoms with E-state index in [-0.39, 0.29) is 5.75 Å². The van der Waals surface area contributed by atoms with Gasteiger partial charge in [-0.15, -0.1) is 0 Å². The van der Waals surface area contributed by atoms with Crippen LogP contribution in [0.15, 0.2) is 24.4 Å². The molecule has 4 nitrogen and oxygen atoms in total. The molecule has 4 heteroatoms. The number of methoxy groups -OCH3 is 1. The highest BCUT2D eigenvalue weighted by Crippen LogP contribution is 2.37. The van der Waals surface area contributed by atoms with Crippen molar-refractivity contribution in [2.24, 2.45) is 0 Å². The molecule has 1 aromatic carbocycles. The predicted octanol–water partition coefficient (Wildman–Crippen LogP) is 2.74. The van der Waals surface area contributed by atoms with Gasteiger partial charge in [-0.1, -0.05) is 0 Å². The van der Waals surface area contributed by atoms with Crippen LogP contribution in [0, 0.1) is 6.92 Å². The van der Waals surface area contributed by atoms with Crippen molar-refractivity contribution in [3.63, 3.8) is 0 Å². The topological polar surface area (TPSA) is 58.1 Å². The number of phenolic OH excluding ortho intramolecular Hbond substituents is 1. The average molecular weight is 228 g/mol. The van der Waals surface area contributed by atoms with Crippen LogP contribution in [0.1, 0.15) is 5.69 Å². The number of aryl methyl sites for hydroxylation is 1. The minimum Gasteiger partial charge on any atom is -0.503 e. The van der Waals surface area contributed by atoms with E-state index in [4.69, 9.17) is 4.74 Å². The van der Waals surface area contributed by atoms with Crippen molar-refractivity contribution in [2.75, 3.05) is 7.11 Å². The number of nitrogens with zero attached hydrogens (tertiary/aromatic N) is 1. The van der Waals surface area contributed by atoms with Crippen LogP contribution in [0.4, 0.5) is 0 Å². The number of aromatic amines is 1. The fourth-order valence-electron chi connectivity index (χ4n) is 2.16. The highest BCUT2D eigenvalue weighted by Gasteiger charge is 2.12. The molecule has 3 rings (SSSR count). The Morgan fingerprint density at radius 3 is 2.71 bits per heavy atom. The van der Waals surface area contributed by atoms with E-state index in [0.29, 0.717) is 11.3 Å². The Kier molecular flexibility index (Phi) is 1.98.